The van der Waals surface area contributed by atoms with Gasteiger partial charge in [0.1, 0.15) is 0 Å². The fourth-order valence-electron chi connectivity index (χ4n) is 4.25. The Hall–Kier alpha value is -4.63. The molecule has 0 saturated carbocycles. The van der Waals surface area contributed by atoms with E-state index in [-0.39, 0.29) is 0 Å². The Morgan fingerprint density at radius 1 is 0.795 bits per heavy atom. The zero-order valence-electron chi connectivity index (χ0n) is 28.2. The molecule has 0 atom stereocenters. The van der Waals surface area contributed by atoms with Crippen molar-refractivity contribution in [2.45, 2.75) is 53.9 Å². The van der Waals surface area contributed by atoms with E-state index < -0.39 is 0 Å². The molecule has 1 heterocycles. The van der Waals surface area contributed by atoms with Gasteiger partial charge in [-0.05, 0) is 82.9 Å². The molecule has 0 fully saturated rings. The van der Waals surface area contributed by atoms with Gasteiger partial charge in [-0.15, -0.1) is 0 Å². The van der Waals surface area contributed by atoms with Crippen LogP contribution in [0, 0.1) is 6.92 Å². The van der Waals surface area contributed by atoms with E-state index in [1.807, 2.05) is 74.8 Å². The number of nitrogens with zero attached hydrogens (tertiary/aromatic N) is 3. The van der Waals surface area contributed by atoms with Crippen molar-refractivity contribution in [3.63, 3.8) is 0 Å². The van der Waals surface area contributed by atoms with E-state index in [0.29, 0.717) is 6.42 Å². The van der Waals surface area contributed by atoms with Gasteiger partial charge in [0, 0.05) is 37.4 Å². The van der Waals surface area contributed by atoms with Gasteiger partial charge in [-0.1, -0.05) is 123 Å². The van der Waals surface area contributed by atoms with Crippen molar-refractivity contribution in [2.75, 3.05) is 23.9 Å². The van der Waals surface area contributed by atoms with E-state index in [1.165, 1.54) is 11.1 Å². The van der Waals surface area contributed by atoms with Gasteiger partial charge >= 0.3 is 0 Å². The number of allylic oxidation sites excluding steroid dienone is 14. The quantitative estimate of drug-likeness (QED) is 0.193. The molecule has 232 valence electrons. The lowest BCUT2D eigenvalue weighted by molar-refractivity contribution is 0.984. The minimum absolute atomic E-state index is 0.693. The molecule has 3 heteroatoms. The van der Waals surface area contributed by atoms with E-state index in [9.17, 15) is 0 Å². The average molecular weight is 588 g/mol. The lowest BCUT2D eigenvalue weighted by Gasteiger charge is -2.22. The van der Waals surface area contributed by atoms with Gasteiger partial charge in [0.15, 0.2) is 0 Å². The number of rotatable bonds is 15. The van der Waals surface area contributed by atoms with Crippen LogP contribution in [0.5, 0.6) is 0 Å². The van der Waals surface area contributed by atoms with Crippen LogP contribution in [-0.2, 0) is 6.42 Å². The Kier molecular flexibility index (Phi) is 17.3. The van der Waals surface area contributed by atoms with Crippen molar-refractivity contribution in [1.29, 1.82) is 0 Å². The lowest BCUT2D eigenvalue weighted by atomic mass is 10.0. The summed E-state index contributed by atoms with van der Waals surface area (Å²) in [6, 6.07) is 12.4. The normalized spacial score (nSPS) is 11.8. The maximum Gasteiger partial charge on any atom is 0.0637 e. The van der Waals surface area contributed by atoms with Crippen LogP contribution in [0.2, 0.25) is 0 Å². The van der Waals surface area contributed by atoms with E-state index in [0.717, 1.165) is 58.0 Å². The van der Waals surface area contributed by atoms with Crippen LogP contribution in [-0.4, -0.2) is 19.1 Å². The first-order valence-electron chi connectivity index (χ1n) is 15.1. The second-order valence-corrected chi connectivity index (χ2v) is 10.8. The summed E-state index contributed by atoms with van der Waals surface area (Å²) < 4.78 is 0. The van der Waals surface area contributed by atoms with Gasteiger partial charge in [-0.25, -0.2) is 0 Å². The third-order valence-electron chi connectivity index (χ3n) is 6.96. The molecule has 0 unspecified atom stereocenters. The Bertz CT molecular complexity index is 1440. The number of hydrogen-bond acceptors (Lipinski definition) is 3. The molecule has 0 bridgehead atoms. The molecule has 0 N–H and O–H groups in total. The Balaban J connectivity index is 0.00000178. The summed E-state index contributed by atoms with van der Waals surface area (Å²) in [7, 11) is 4.11. The molecular formula is C41H53N3. The number of likely N-dealkylation sites (N-methyl/N-ethyl adjacent to an activating group) is 1. The summed E-state index contributed by atoms with van der Waals surface area (Å²) in [5.41, 5.74) is 10.9. The van der Waals surface area contributed by atoms with Crippen molar-refractivity contribution in [2.24, 2.45) is 0 Å². The maximum atomic E-state index is 4.50. The van der Waals surface area contributed by atoms with Gasteiger partial charge in [0.05, 0.1) is 11.4 Å². The number of hydrogen-bond donors (Lipinski definition) is 0. The zero-order valence-corrected chi connectivity index (χ0v) is 28.2. The van der Waals surface area contributed by atoms with Crippen LogP contribution in [0.1, 0.15) is 51.8 Å². The molecule has 0 aliphatic rings. The molecule has 0 aliphatic heterocycles. The molecule has 44 heavy (non-hydrogen) atoms. The van der Waals surface area contributed by atoms with Crippen molar-refractivity contribution >= 4 is 11.4 Å². The SMILES string of the molecule is C=C(/C=C\C(=C)C/C(C)=C/C=C(\C)N(C)c1cccnc1CC)CC(=C)/C=C\C(=C)N(C)c1ccccc1C.C=C/C=C\C. The van der Waals surface area contributed by atoms with Crippen LogP contribution in [0.4, 0.5) is 11.4 Å². The van der Waals surface area contributed by atoms with E-state index >= 15 is 0 Å². The second kappa shape index (κ2) is 20.3. The number of anilines is 2. The fraction of sp³-hybridized carbons (Fsp3) is 0.244. The maximum absolute atomic E-state index is 4.50. The number of aryl methyl sites for hydroxylation is 2. The highest BCUT2D eigenvalue weighted by Crippen LogP contribution is 2.23. The molecule has 0 saturated heterocycles. The van der Waals surface area contributed by atoms with Crippen LogP contribution >= 0.6 is 0 Å². The molecular weight excluding hydrogens is 534 g/mol. The summed E-state index contributed by atoms with van der Waals surface area (Å²) >= 11 is 0. The van der Waals surface area contributed by atoms with Gasteiger partial charge in [0.2, 0.25) is 0 Å². The number of aromatic nitrogens is 1. The van der Waals surface area contributed by atoms with E-state index in [1.54, 1.807) is 6.08 Å². The van der Waals surface area contributed by atoms with Crippen molar-refractivity contribution in [3.8, 4) is 0 Å². The van der Waals surface area contributed by atoms with Gasteiger partial charge in [0.25, 0.3) is 0 Å². The molecule has 2 rings (SSSR count). The average Bonchev–Trinajstić information content (AvgIpc) is 3.01. The number of para-hydroxylation sites is 1. The molecule has 2 aromatic rings. The van der Waals surface area contributed by atoms with Gasteiger partial charge < -0.3 is 9.80 Å². The largest absolute Gasteiger partial charge is 0.347 e. The van der Waals surface area contributed by atoms with Crippen LogP contribution in [0.15, 0.2) is 164 Å². The van der Waals surface area contributed by atoms with Crippen LogP contribution in [0.3, 0.4) is 0 Å². The summed E-state index contributed by atoms with van der Waals surface area (Å²) in [6.07, 6.45) is 22.2. The predicted octanol–water partition coefficient (Wildman–Crippen LogP) is 11.2. The fourth-order valence-corrected chi connectivity index (χ4v) is 4.25. The zero-order chi connectivity index (χ0) is 33.1. The Morgan fingerprint density at radius 2 is 1.39 bits per heavy atom. The first-order valence-corrected chi connectivity index (χ1v) is 15.1. The minimum Gasteiger partial charge on any atom is -0.347 e. The highest BCUT2D eigenvalue weighted by molar-refractivity contribution is 5.58. The van der Waals surface area contributed by atoms with Crippen molar-refractivity contribution in [1.82, 2.24) is 4.98 Å². The third-order valence-corrected chi connectivity index (χ3v) is 6.96. The molecule has 0 radical (unpaired) electrons. The topological polar surface area (TPSA) is 19.4 Å². The van der Waals surface area contributed by atoms with E-state index in [4.69, 9.17) is 0 Å². The highest BCUT2D eigenvalue weighted by atomic mass is 15.1. The molecule has 3 nitrogen and oxygen atoms in total. The summed E-state index contributed by atoms with van der Waals surface area (Å²) in [5.74, 6) is 0. The second-order valence-electron chi connectivity index (χ2n) is 10.8. The molecule has 1 aromatic heterocycles. The summed E-state index contributed by atoms with van der Waals surface area (Å²) in [4.78, 5) is 8.77. The molecule has 0 amide bonds. The Labute approximate surface area is 268 Å². The monoisotopic (exact) mass is 587 g/mol. The first-order chi connectivity index (χ1) is 20.9. The summed E-state index contributed by atoms with van der Waals surface area (Å²) in [6.45, 7) is 30.7. The highest BCUT2D eigenvalue weighted by Gasteiger charge is 2.08. The minimum atomic E-state index is 0.693. The predicted molar refractivity (Wildman–Crippen MR) is 198 cm³/mol. The number of pyridine rings is 1. The molecule has 0 aliphatic carbocycles. The van der Waals surface area contributed by atoms with Gasteiger partial charge in [-0.3, -0.25) is 4.98 Å². The van der Waals surface area contributed by atoms with Crippen molar-refractivity contribution < 1.29 is 0 Å². The lowest BCUT2D eigenvalue weighted by Crippen LogP contribution is -2.16. The molecule has 0 spiro atoms. The Morgan fingerprint density at radius 3 is 1.95 bits per heavy atom. The summed E-state index contributed by atoms with van der Waals surface area (Å²) in [5, 5.41) is 0. The smallest absolute Gasteiger partial charge is 0.0637 e. The van der Waals surface area contributed by atoms with Gasteiger partial charge in [-0.2, -0.15) is 0 Å². The van der Waals surface area contributed by atoms with E-state index in [2.05, 4.69) is 113 Å². The van der Waals surface area contributed by atoms with Crippen molar-refractivity contribution in [3.05, 3.63) is 175 Å². The first kappa shape index (κ1) is 37.4. The van der Waals surface area contributed by atoms with Crippen LogP contribution < -0.4 is 9.80 Å². The number of benzene rings is 1. The standard InChI is InChI=1S/C36H45N3.C5H8/c1-11-34-36(17-14-24-37-34)39(10)33(8)23-21-30(5)26-28(3)19-18-27(2)25-29(4)20-22-32(7)38(9)35-16-13-12-15-31(35)6;1-3-5-4-2/h12-24H,2-4,7,11,25-26H2,1,5-6,8-10H3;3-5H,1H2,2H3/b19-18-,22-20-,30-21+,33-23+;5-4-. The third kappa shape index (κ3) is 13.6. The molecule has 1 aromatic carbocycles. The van der Waals surface area contributed by atoms with Crippen LogP contribution in [0.25, 0.3) is 0 Å².